The van der Waals surface area contributed by atoms with Crippen LogP contribution in [0.4, 0.5) is 0 Å². The molecule has 1 rings (SSSR count). The molecule has 2 amide bonds. The molecule has 192 valence electrons. The van der Waals surface area contributed by atoms with Crippen molar-refractivity contribution in [3.8, 4) is 0 Å². The van der Waals surface area contributed by atoms with Crippen molar-refractivity contribution in [1.82, 2.24) is 10.6 Å². The van der Waals surface area contributed by atoms with Gasteiger partial charge in [0.05, 0.1) is 12.2 Å². The van der Waals surface area contributed by atoms with Gasteiger partial charge in [-0.3, -0.25) is 9.59 Å². The Balaban J connectivity index is 2.02. The van der Waals surface area contributed by atoms with Crippen molar-refractivity contribution in [3.05, 3.63) is 12.2 Å². The molecule has 0 spiro atoms. The summed E-state index contributed by atoms with van der Waals surface area (Å²) in [5, 5.41) is 6.02. The van der Waals surface area contributed by atoms with E-state index in [0.29, 0.717) is 25.0 Å². The van der Waals surface area contributed by atoms with E-state index in [1.807, 2.05) is 27.7 Å². The summed E-state index contributed by atoms with van der Waals surface area (Å²) in [6.45, 7) is 10.1. The van der Waals surface area contributed by atoms with E-state index in [1.54, 1.807) is 0 Å². The number of carbonyl (C=O) groups is 2. The van der Waals surface area contributed by atoms with Gasteiger partial charge in [-0.05, 0) is 66.2 Å². The van der Waals surface area contributed by atoms with Crippen LogP contribution in [0.2, 0.25) is 0 Å². The Morgan fingerprint density at radius 1 is 0.848 bits per heavy atom. The highest BCUT2D eigenvalue weighted by Crippen LogP contribution is 2.30. The Bertz CT molecular complexity index is 604. The van der Waals surface area contributed by atoms with Crippen LogP contribution >= 0.6 is 11.6 Å². The average molecular weight is 485 g/mol. The minimum Gasteiger partial charge on any atom is -0.369 e. The van der Waals surface area contributed by atoms with Crippen LogP contribution in [0, 0.1) is 0 Å². The number of hydrogen-bond donors (Lipinski definition) is 2. The predicted octanol–water partition coefficient (Wildman–Crippen LogP) is 6.43. The number of ether oxygens (including phenoxy) is 1. The lowest BCUT2D eigenvalue weighted by molar-refractivity contribution is -0.123. The van der Waals surface area contributed by atoms with Crippen molar-refractivity contribution in [1.29, 1.82) is 0 Å². The molecule has 33 heavy (non-hydrogen) atoms. The molecular weight excluding hydrogens is 436 g/mol. The van der Waals surface area contributed by atoms with Crippen LogP contribution in [-0.4, -0.2) is 41.0 Å². The number of amides is 2. The highest BCUT2D eigenvalue weighted by atomic mass is 35.5. The highest BCUT2D eigenvalue weighted by molar-refractivity contribution is 6.27. The summed E-state index contributed by atoms with van der Waals surface area (Å²) in [7, 11) is 0. The van der Waals surface area contributed by atoms with Gasteiger partial charge in [0, 0.05) is 17.5 Å². The molecule has 0 aromatic rings. The molecule has 0 saturated carbocycles. The molecule has 2 atom stereocenters. The molecule has 1 fully saturated rings. The van der Waals surface area contributed by atoms with Crippen LogP contribution in [-0.2, 0) is 14.3 Å². The Labute approximate surface area is 207 Å². The second-order valence-corrected chi connectivity index (χ2v) is 11.2. The molecule has 1 aliphatic rings. The SMILES string of the molecule is CCCCC[C@H]1O[C@H]1C/C=C\CCCCCCCC(=O)NC(C)(C)CC(C)(C)NC(=O)CCl. The topological polar surface area (TPSA) is 70.7 Å². The second-order valence-electron chi connectivity index (χ2n) is 10.9. The van der Waals surface area contributed by atoms with Gasteiger partial charge in [-0.15, -0.1) is 11.6 Å². The monoisotopic (exact) mass is 484 g/mol. The van der Waals surface area contributed by atoms with E-state index in [2.05, 4.69) is 29.7 Å². The molecule has 0 unspecified atom stereocenters. The molecule has 0 radical (unpaired) electrons. The Kier molecular flexibility index (Phi) is 14.3. The van der Waals surface area contributed by atoms with E-state index in [0.717, 1.165) is 25.7 Å². The first kappa shape index (κ1) is 30.0. The summed E-state index contributed by atoms with van der Waals surface area (Å²) in [6, 6.07) is 0. The van der Waals surface area contributed by atoms with Gasteiger partial charge >= 0.3 is 0 Å². The summed E-state index contributed by atoms with van der Waals surface area (Å²) < 4.78 is 5.72. The number of nitrogens with one attached hydrogen (secondary N) is 2. The van der Waals surface area contributed by atoms with Gasteiger partial charge < -0.3 is 15.4 Å². The van der Waals surface area contributed by atoms with Gasteiger partial charge in [-0.1, -0.05) is 57.6 Å². The molecule has 5 nitrogen and oxygen atoms in total. The predicted molar refractivity (Wildman–Crippen MR) is 139 cm³/mol. The van der Waals surface area contributed by atoms with Gasteiger partial charge in [0.2, 0.25) is 11.8 Å². The van der Waals surface area contributed by atoms with E-state index >= 15 is 0 Å². The van der Waals surface area contributed by atoms with Gasteiger partial charge in [0.15, 0.2) is 0 Å². The first-order valence-corrected chi connectivity index (χ1v) is 13.6. The molecule has 2 N–H and O–H groups in total. The van der Waals surface area contributed by atoms with E-state index in [4.69, 9.17) is 16.3 Å². The van der Waals surface area contributed by atoms with Crippen molar-refractivity contribution < 1.29 is 14.3 Å². The number of unbranched alkanes of at least 4 members (excludes halogenated alkanes) is 7. The summed E-state index contributed by atoms with van der Waals surface area (Å²) in [5.74, 6) is -0.165. The molecule has 0 bridgehead atoms. The third kappa shape index (κ3) is 15.5. The van der Waals surface area contributed by atoms with Crippen molar-refractivity contribution in [2.24, 2.45) is 0 Å². The molecule has 0 aliphatic carbocycles. The Morgan fingerprint density at radius 2 is 1.48 bits per heavy atom. The zero-order valence-corrected chi connectivity index (χ0v) is 22.6. The minimum absolute atomic E-state index is 0.0540. The third-order valence-corrected chi connectivity index (χ3v) is 6.29. The van der Waals surface area contributed by atoms with Gasteiger partial charge in [0.1, 0.15) is 5.88 Å². The maximum Gasteiger partial charge on any atom is 0.235 e. The van der Waals surface area contributed by atoms with E-state index in [9.17, 15) is 9.59 Å². The largest absolute Gasteiger partial charge is 0.369 e. The highest BCUT2D eigenvalue weighted by Gasteiger charge is 2.36. The van der Waals surface area contributed by atoms with Crippen molar-refractivity contribution >= 4 is 23.4 Å². The van der Waals surface area contributed by atoms with Crippen molar-refractivity contribution in [2.75, 3.05) is 5.88 Å². The van der Waals surface area contributed by atoms with Gasteiger partial charge in [-0.2, -0.15) is 0 Å². The Hall–Kier alpha value is -1.07. The average Bonchev–Trinajstić information content (AvgIpc) is 3.45. The van der Waals surface area contributed by atoms with Crippen LogP contribution in [0.3, 0.4) is 0 Å². The normalized spacial score (nSPS) is 18.5. The first-order chi connectivity index (χ1) is 15.6. The number of rotatable bonds is 19. The van der Waals surface area contributed by atoms with E-state index in [1.165, 1.54) is 44.9 Å². The standard InChI is InChI=1S/C27H49ClN2O3/c1-6-7-14-17-22-23(33-22)18-15-12-10-8-9-11-13-16-19-24(31)29-26(2,3)21-27(4,5)30-25(32)20-28/h12,15,22-23H,6-11,13-14,16-21H2,1-5H3,(H,29,31)(H,30,32)/b15-12-/t22-,23+/m1/s1. The van der Waals surface area contributed by atoms with Crippen LogP contribution in [0.5, 0.6) is 0 Å². The van der Waals surface area contributed by atoms with Crippen LogP contribution < -0.4 is 10.6 Å². The fourth-order valence-corrected chi connectivity index (χ4v) is 4.77. The summed E-state index contributed by atoms with van der Waals surface area (Å²) in [6.07, 6.45) is 19.7. The lowest BCUT2D eigenvalue weighted by Gasteiger charge is -2.36. The fraction of sp³-hybridized carbons (Fsp3) is 0.852. The molecule has 0 aromatic heterocycles. The lowest BCUT2D eigenvalue weighted by atomic mass is 9.86. The van der Waals surface area contributed by atoms with Crippen LogP contribution in [0.1, 0.15) is 118 Å². The number of epoxide rings is 1. The maximum atomic E-state index is 12.3. The molecule has 0 aromatic carbocycles. The quantitative estimate of drug-likeness (QED) is 0.0959. The second kappa shape index (κ2) is 15.8. The van der Waals surface area contributed by atoms with Gasteiger partial charge in [0.25, 0.3) is 0 Å². The number of alkyl halides is 1. The number of carbonyl (C=O) groups excluding carboxylic acids is 2. The zero-order valence-electron chi connectivity index (χ0n) is 21.8. The van der Waals surface area contributed by atoms with Crippen molar-refractivity contribution in [3.63, 3.8) is 0 Å². The first-order valence-electron chi connectivity index (χ1n) is 13.1. The third-order valence-electron chi connectivity index (χ3n) is 6.05. The summed E-state index contributed by atoms with van der Waals surface area (Å²) >= 11 is 5.58. The number of allylic oxidation sites excluding steroid dienone is 1. The summed E-state index contributed by atoms with van der Waals surface area (Å²) in [4.78, 5) is 23.9. The molecule has 1 heterocycles. The van der Waals surface area contributed by atoms with Crippen molar-refractivity contribution in [2.45, 2.75) is 141 Å². The number of halogens is 1. The Morgan fingerprint density at radius 3 is 2.15 bits per heavy atom. The van der Waals surface area contributed by atoms with Gasteiger partial charge in [-0.25, -0.2) is 0 Å². The smallest absolute Gasteiger partial charge is 0.235 e. The van der Waals surface area contributed by atoms with Crippen LogP contribution in [0.15, 0.2) is 12.2 Å². The fourth-order valence-electron chi connectivity index (χ4n) is 4.71. The zero-order chi connectivity index (χ0) is 24.7. The lowest BCUT2D eigenvalue weighted by Crippen LogP contribution is -2.53. The van der Waals surface area contributed by atoms with E-state index < -0.39 is 11.1 Å². The molecular formula is C27H49ClN2O3. The maximum absolute atomic E-state index is 12.3. The molecule has 6 heteroatoms. The number of hydrogen-bond acceptors (Lipinski definition) is 3. The molecule has 1 saturated heterocycles. The van der Waals surface area contributed by atoms with Crippen LogP contribution in [0.25, 0.3) is 0 Å². The van der Waals surface area contributed by atoms with E-state index in [-0.39, 0.29) is 17.7 Å². The minimum atomic E-state index is -0.431. The molecule has 1 aliphatic heterocycles. The summed E-state index contributed by atoms with van der Waals surface area (Å²) in [5.41, 5.74) is -0.827.